The van der Waals surface area contributed by atoms with E-state index < -0.39 is 12.0 Å². The number of thiophene rings is 1. The Bertz CT molecular complexity index is 383. The molecule has 0 saturated heterocycles. The van der Waals surface area contributed by atoms with Gasteiger partial charge in [0.2, 0.25) is 5.91 Å². The van der Waals surface area contributed by atoms with Crippen molar-refractivity contribution >= 4 is 55.1 Å². The van der Waals surface area contributed by atoms with Crippen LogP contribution in [0.1, 0.15) is 24.3 Å². The molecule has 16 heavy (non-hydrogen) atoms. The van der Waals surface area contributed by atoms with Gasteiger partial charge in [0, 0.05) is 16.3 Å². The van der Waals surface area contributed by atoms with Gasteiger partial charge in [-0.2, -0.15) is 0 Å². The average molecular weight is 371 g/mol. The van der Waals surface area contributed by atoms with Gasteiger partial charge in [-0.15, -0.1) is 11.3 Å². The van der Waals surface area contributed by atoms with Crippen LogP contribution in [0, 0.1) is 0 Å². The first kappa shape index (κ1) is 13.7. The van der Waals surface area contributed by atoms with Gasteiger partial charge in [0.1, 0.15) is 0 Å². The van der Waals surface area contributed by atoms with E-state index in [0.717, 1.165) is 13.1 Å². The zero-order valence-corrected chi connectivity index (χ0v) is 12.3. The maximum Gasteiger partial charge on any atom is 0.305 e. The van der Waals surface area contributed by atoms with E-state index in [1.807, 2.05) is 0 Å². The van der Waals surface area contributed by atoms with Crippen molar-refractivity contribution in [3.05, 3.63) is 19.2 Å². The van der Waals surface area contributed by atoms with Crippen molar-refractivity contribution in [1.29, 1.82) is 0 Å². The summed E-state index contributed by atoms with van der Waals surface area (Å²) in [7, 11) is 0. The van der Waals surface area contributed by atoms with Gasteiger partial charge in [-0.25, -0.2) is 0 Å². The van der Waals surface area contributed by atoms with Crippen molar-refractivity contribution < 1.29 is 14.7 Å². The molecule has 1 heterocycles. The second-order valence-corrected chi connectivity index (χ2v) is 6.38. The summed E-state index contributed by atoms with van der Waals surface area (Å²) in [6, 6.07) is 1.32. The largest absolute Gasteiger partial charge is 0.481 e. The lowest BCUT2D eigenvalue weighted by atomic mass is 10.1. The molecule has 0 aliphatic carbocycles. The number of carbonyl (C=O) groups excluding carboxylic acids is 1. The Balaban J connectivity index is 2.90. The van der Waals surface area contributed by atoms with Gasteiger partial charge in [0.15, 0.2) is 0 Å². The van der Waals surface area contributed by atoms with Gasteiger partial charge < -0.3 is 10.4 Å². The molecule has 1 aromatic rings. The van der Waals surface area contributed by atoms with E-state index in [-0.39, 0.29) is 12.3 Å². The maximum atomic E-state index is 11.0. The van der Waals surface area contributed by atoms with Crippen LogP contribution in [0.5, 0.6) is 0 Å². The third kappa shape index (κ3) is 3.88. The Morgan fingerprint density at radius 2 is 2.19 bits per heavy atom. The van der Waals surface area contributed by atoms with E-state index in [4.69, 9.17) is 5.11 Å². The fourth-order valence-corrected chi connectivity index (χ4v) is 3.32. The fraction of sp³-hybridized carbons (Fsp3) is 0.333. The minimum Gasteiger partial charge on any atom is -0.481 e. The van der Waals surface area contributed by atoms with Crippen LogP contribution in [0.4, 0.5) is 0 Å². The van der Waals surface area contributed by atoms with Crippen LogP contribution >= 0.6 is 43.2 Å². The highest BCUT2D eigenvalue weighted by atomic mass is 79.9. The summed E-state index contributed by atoms with van der Waals surface area (Å²) in [5, 5.41) is 11.4. The number of aliphatic carboxylic acids is 1. The molecule has 2 N–H and O–H groups in total. The van der Waals surface area contributed by atoms with Crippen molar-refractivity contribution in [2.24, 2.45) is 0 Å². The number of nitrogens with one attached hydrogen (secondary N) is 1. The Morgan fingerprint density at radius 3 is 2.56 bits per heavy atom. The number of carbonyl (C=O) groups is 2. The third-order valence-electron chi connectivity index (χ3n) is 1.76. The predicted octanol–water partition coefficient (Wildman–Crippen LogP) is 2.93. The quantitative estimate of drug-likeness (QED) is 0.856. The van der Waals surface area contributed by atoms with Crippen LogP contribution in [0.15, 0.2) is 14.3 Å². The van der Waals surface area contributed by atoms with Crippen LogP contribution in [0.2, 0.25) is 0 Å². The first-order valence-electron chi connectivity index (χ1n) is 4.33. The fourth-order valence-electron chi connectivity index (χ4n) is 1.18. The summed E-state index contributed by atoms with van der Waals surface area (Å²) < 4.78 is 1.73. The molecular formula is C9H9Br2NO3S. The van der Waals surface area contributed by atoms with Crippen molar-refractivity contribution in [1.82, 2.24) is 5.32 Å². The molecule has 0 aliphatic heterocycles. The van der Waals surface area contributed by atoms with E-state index in [1.54, 1.807) is 6.07 Å². The lowest BCUT2D eigenvalue weighted by Crippen LogP contribution is -2.27. The molecule has 1 unspecified atom stereocenters. The van der Waals surface area contributed by atoms with E-state index >= 15 is 0 Å². The summed E-state index contributed by atoms with van der Waals surface area (Å²) in [5.74, 6) is -1.19. The Kier molecular flexibility index (Phi) is 4.94. The lowest BCUT2D eigenvalue weighted by molar-refractivity contribution is -0.137. The highest BCUT2D eigenvalue weighted by molar-refractivity contribution is 9.13. The molecular weight excluding hydrogens is 362 g/mol. The minimum atomic E-state index is -0.945. The monoisotopic (exact) mass is 369 g/mol. The molecule has 0 saturated carbocycles. The van der Waals surface area contributed by atoms with Crippen LogP contribution in [-0.4, -0.2) is 17.0 Å². The Labute approximate surface area is 113 Å². The van der Waals surface area contributed by atoms with Gasteiger partial charge in [-0.3, -0.25) is 9.59 Å². The SMILES string of the molecule is CC(=O)NC(CC(=O)O)c1cc(Br)c(Br)s1. The molecule has 4 nitrogen and oxygen atoms in total. The topological polar surface area (TPSA) is 66.4 Å². The maximum absolute atomic E-state index is 11.0. The first-order chi connectivity index (χ1) is 7.40. The summed E-state index contributed by atoms with van der Waals surface area (Å²) >= 11 is 8.05. The summed E-state index contributed by atoms with van der Waals surface area (Å²) in [6.45, 7) is 1.37. The highest BCUT2D eigenvalue weighted by Crippen LogP contribution is 2.36. The number of hydrogen-bond donors (Lipinski definition) is 2. The molecule has 7 heteroatoms. The normalized spacial score (nSPS) is 12.2. The van der Waals surface area contributed by atoms with Crippen molar-refractivity contribution in [3.63, 3.8) is 0 Å². The first-order valence-corrected chi connectivity index (χ1v) is 6.74. The molecule has 1 aromatic heterocycles. The van der Waals surface area contributed by atoms with Crippen LogP contribution in [0.25, 0.3) is 0 Å². The Hall–Kier alpha value is -0.400. The molecule has 1 amide bonds. The second kappa shape index (κ2) is 5.79. The van der Waals surface area contributed by atoms with Gasteiger partial charge in [0.25, 0.3) is 0 Å². The van der Waals surface area contributed by atoms with Gasteiger partial charge in [-0.05, 0) is 37.9 Å². The second-order valence-electron chi connectivity index (χ2n) is 3.12. The molecule has 88 valence electrons. The van der Waals surface area contributed by atoms with Gasteiger partial charge >= 0.3 is 5.97 Å². The average Bonchev–Trinajstić information content (AvgIpc) is 2.44. The number of amides is 1. The highest BCUT2D eigenvalue weighted by Gasteiger charge is 2.19. The number of carboxylic acids is 1. The van der Waals surface area contributed by atoms with Gasteiger partial charge in [0.05, 0.1) is 16.2 Å². The number of carboxylic acid groups (broad SMARTS) is 1. The van der Waals surface area contributed by atoms with Crippen LogP contribution in [-0.2, 0) is 9.59 Å². The van der Waals surface area contributed by atoms with E-state index in [9.17, 15) is 9.59 Å². The minimum absolute atomic E-state index is 0.126. The zero-order valence-electron chi connectivity index (χ0n) is 8.29. The van der Waals surface area contributed by atoms with E-state index in [2.05, 4.69) is 37.2 Å². The standard InChI is InChI=1S/C9H9Br2NO3S/c1-4(13)12-6(3-8(14)15)7-2-5(10)9(11)16-7/h2,6H,3H2,1H3,(H,12,13)(H,14,15). The molecule has 0 fully saturated rings. The third-order valence-corrected chi connectivity index (χ3v) is 5.13. The zero-order chi connectivity index (χ0) is 12.3. The molecule has 0 spiro atoms. The lowest BCUT2D eigenvalue weighted by Gasteiger charge is -2.13. The van der Waals surface area contributed by atoms with Crippen molar-refractivity contribution in [3.8, 4) is 0 Å². The summed E-state index contributed by atoms with van der Waals surface area (Å²) in [5.41, 5.74) is 0. The molecule has 1 atom stereocenters. The van der Waals surface area contributed by atoms with E-state index in [1.165, 1.54) is 18.3 Å². The molecule has 1 rings (SSSR count). The number of hydrogen-bond acceptors (Lipinski definition) is 3. The summed E-state index contributed by atoms with van der Waals surface area (Å²) in [4.78, 5) is 22.5. The molecule has 0 bridgehead atoms. The van der Waals surface area contributed by atoms with Crippen molar-refractivity contribution in [2.75, 3.05) is 0 Å². The van der Waals surface area contributed by atoms with Gasteiger partial charge in [-0.1, -0.05) is 0 Å². The molecule has 0 radical (unpaired) electrons. The van der Waals surface area contributed by atoms with E-state index in [0.29, 0.717) is 0 Å². The smallest absolute Gasteiger partial charge is 0.305 e. The van der Waals surface area contributed by atoms with Crippen molar-refractivity contribution in [2.45, 2.75) is 19.4 Å². The number of halogens is 2. The Morgan fingerprint density at radius 1 is 1.56 bits per heavy atom. The molecule has 0 aromatic carbocycles. The van der Waals surface area contributed by atoms with Crippen LogP contribution < -0.4 is 5.32 Å². The molecule has 0 aliphatic rings. The predicted molar refractivity (Wildman–Crippen MR) is 68.5 cm³/mol. The summed E-state index contributed by atoms with van der Waals surface area (Å²) in [6.07, 6.45) is -0.126. The number of rotatable bonds is 4. The van der Waals surface area contributed by atoms with Crippen LogP contribution in [0.3, 0.4) is 0 Å².